The first-order valence-corrected chi connectivity index (χ1v) is 2.32. The maximum Gasteiger partial charge on any atom is 0.357 e. The Balaban J connectivity index is 4.02. The van der Waals surface area contributed by atoms with Crippen molar-refractivity contribution < 1.29 is 9.58 Å². The van der Waals surface area contributed by atoms with E-state index in [0.717, 1.165) is 0 Å². The third-order valence-corrected chi connectivity index (χ3v) is 1.03. The van der Waals surface area contributed by atoms with Crippen molar-refractivity contribution >= 4 is 9.39 Å². The summed E-state index contributed by atoms with van der Waals surface area (Å²) in [5.74, 6) is 7.88. The predicted octanol–water partition coefficient (Wildman–Crippen LogP) is -3.14. The minimum atomic E-state index is -2.11. The number of hydrogen-bond acceptors (Lipinski definition) is 5. The van der Waals surface area contributed by atoms with E-state index in [4.69, 9.17) is 28.3 Å². The second-order valence-electron chi connectivity index (χ2n) is 1.62. The molecule has 0 heterocycles. The molecule has 0 aromatic heterocycles. The lowest BCUT2D eigenvalue weighted by Crippen LogP contribution is -2.76. The van der Waals surface area contributed by atoms with Crippen molar-refractivity contribution in [3.8, 4) is 0 Å². The van der Waals surface area contributed by atoms with Gasteiger partial charge in [-0.25, -0.2) is 11.5 Å². The Morgan fingerprint density at radius 3 is 1.50 bits per heavy atom. The second kappa shape index (κ2) is 1.85. The van der Waals surface area contributed by atoms with Gasteiger partial charge in [0, 0.05) is 0 Å². The molecule has 9 N–H and O–H groups in total. The number of aliphatic hydroxyl groups is 1. The number of nitrogens with two attached hydrogens (primary N) is 4. The molecule has 0 amide bonds. The van der Waals surface area contributed by atoms with Gasteiger partial charge < -0.3 is 5.11 Å². The highest BCUT2D eigenvalue weighted by Gasteiger charge is 2.34. The SMILES string of the molecule is NC(N)(O)[N+](N)(N)P. The Bertz CT molecular complexity index is 67.4. The standard InChI is InChI=1S/CH11N5OP/c2-1(3,7)6(4,5)8/h7H,2-5,8H2/q+1. The molecular formula is CH11N5OP+. The molecule has 0 aromatic rings. The van der Waals surface area contributed by atoms with E-state index >= 15 is 0 Å². The zero-order valence-electron chi connectivity index (χ0n) is 4.28. The molecule has 0 aromatic carbocycles. The number of quaternary nitrogens is 1. The van der Waals surface area contributed by atoms with Gasteiger partial charge in [-0.2, -0.15) is 11.7 Å². The van der Waals surface area contributed by atoms with Crippen LogP contribution >= 0.6 is 9.39 Å². The normalized spacial score (nSPS) is 14.2. The van der Waals surface area contributed by atoms with Crippen LogP contribution in [-0.2, 0) is 0 Å². The fourth-order valence-electron chi connectivity index (χ4n) is 0. The molecule has 6 nitrogen and oxygen atoms in total. The van der Waals surface area contributed by atoms with Gasteiger partial charge in [-0.3, -0.25) is 0 Å². The fourth-order valence-corrected chi connectivity index (χ4v) is 0. The van der Waals surface area contributed by atoms with Gasteiger partial charge in [0.2, 0.25) is 0 Å². The minimum absolute atomic E-state index is 0.951. The maximum absolute atomic E-state index is 8.61. The van der Waals surface area contributed by atoms with Crippen LogP contribution in [0.2, 0.25) is 0 Å². The smallest absolute Gasteiger partial charge is 0.313 e. The first-order valence-electron chi connectivity index (χ1n) is 1.80. The summed E-state index contributed by atoms with van der Waals surface area (Å²) in [5, 5.41) is 8.61. The highest BCUT2D eigenvalue weighted by molar-refractivity contribution is 7.08. The van der Waals surface area contributed by atoms with Crippen LogP contribution in [0.15, 0.2) is 0 Å². The molecule has 0 aliphatic rings. The highest BCUT2D eigenvalue weighted by Crippen LogP contribution is 2.04. The molecule has 0 rings (SSSR count). The monoisotopic (exact) mass is 140 g/mol. The van der Waals surface area contributed by atoms with Crippen molar-refractivity contribution in [2.45, 2.75) is 5.97 Å². The van der Waals surface area contributed by atoms with Crippen LogP contribution in [0.5, 0.6) is 0 Å². The van der Waals surface area contributed by atoms with E-state index in [9.17, 15) is 0 Å². The fraction of sp³-hybridized carbons (Fsp3) is 1.00. The van der Waals surface area contributed by atoms with Gasteiger partial charge in [0.1, 0.15) is 9.39 Å². The number of hydrogen-bond donors (Lipinski definition) is 5. The average Bonchev–Trinajstić information content (AvgIpc) is 1.25. The summed E-state index contributed by atoms with van der Waals surface area (Å²) in [4.78, 5) is 0. The van der Waals surface area contributed by atoms with E-state index in [-0.39, 0.29) is 0 Å². The van der Waals surface area contributed by atoms with Crippen molar-refractivity contribution in [2.75, 3.05) is 0 Å². The Labute approximate surface area is 49.2 Å². The summed E-state index contributed by atoms with van der Waals surface area (Å²) in [6.07, 6.45) is 0. The minimum Gasteiger partial charge on any atom is -0.313 e. The van der Waals surface area contributed by atoms with Crippen LogP contribution in [0.1, 0.15) is 0 Å². The van der Waals surface area contributed by atoms with Gasteiger partial charge in [-0.05, 0) is 0 Å². The van der Waals surface area contributed by atoms with Gasteiger partial charge in [0.25, 0.3) is 0 Å². The molecule has 0 fully saturated rings. The van der Waals surface area contributed by atoms with Crippen LogP contribution in [0.25, 0.3) is 0 Å². The van der Waals surface area contributed by atoms with E-state index in [2.05, 4.69) is 0 Å². The molecule has 0 aliphatic heterocycles. The van der Waals surface area contributed by atoms with Crippen molar-refractivity contribution in [3.63, 3.8) is 0 Å². The lowest BCUT2D eigenvalue weighted by atomic mass is 10.8. The van der Waals surface area contributed by atoms with Crippen LogP contribution in [0.4, 0.5) is 0 Å². The van der Waals surface area contributed by atoms with Crippen LogP contribution < -0.4 is 23.2 Å². The predicted molar refractivity (Wildman–Crippen MR) is 31.7 cm³/mol. The lowest BCUT2D eigenvalue weighted by molar-refractivity contribution is -0.908. The summed E-state index contributed by atoms with van der Waals surface area (Å²) in [5.41, 5.74) is 9.69. The number of nitrogens with zero attached hydrogens (tertiary/aromatic N) is 1. The van der Waals surface area contributed by atoms with E-state index in [1.165, 1.54) is 0 Å². The molecule has 0 spiro atoms. The van der Waals surface area contributed by atoms with Crippen LogP contribution in [0, 0.1) is 0 Å². The summed E-state index contributed by atoms with van der Waals surface area (Å²) >= 11 is 0. The van der Waals surface area contributed by atoms with Crippen molar-refractivity contribution in [1.82, 2.24) is 0 Å². The molecule has 0 bridgehead atoms. The van der Waals surface area contributed by atoms with Crippen molar-refractivity contribution in [3.05, 3.63) is 0 Å². The molecule has 0 radical (unpaired) electrons. The highest BCUT2D eigenvalue weighted by atomic mass is 31.0. The maximum atomic E-state index is 8.61. The van der Waals surface area contributed by atoms with Gasteiger partial charge in [-0.1, -0.05) is 0 Å². The van der Waals surface area contributed by atoms with Gasteiger partial charge in [0.15, 0.2) is 0 Å². The Morgan fingerprint density at radius 1 is 1.38 bits per heavy atom. The third kappa shape index (κ3) is 1.97. The molecule has 0 aliphatic carbocycles. The van der Waals surface area contributed by atoms with E-state index in [1.54, 1.807) is 0 Å². The lowest BCUT2D eigenvalue weighted by Gasteiger charge is -2.30. The van der Waals surface area contributed by atoms with E-state index in [1.807, 2.05) is 9.39 Å². The van der Waals surface area contributed by atoms with Crippen LogP contribution in [-0.4, -0.2) is 15.6 Å². The zero-order chi connectivity index (χ0) is 7.00. The first kappa shape index (κ1) is 8.19. The van der Waals surface area contributed by atoms with Crippen molar-refractivity contribution in [1.29, 1.82) is 0 Å². The van der Waals surface area contributed by atoms with E-state index < -0.39 is 10.4 Å². The van der Waals surface area contributed by atoms with Gasteiger partial charge in [0.05, 0.1) is 0 Å². The Hall–Kier alpha value is 0.190. The quantitative estimate of drug-likeness (QED) is 0.114. The average molecular weight is 140 g/mol. The third-order valence-electron chi connectivity index (χ3n) is 0.620. The Kier molecular flexibility index (Phi) is 1.90. The topological polar surface area (TPSA) is 124 Å². The summed E-state index contributed by atoms with van der Waals surface area (Å²) in [6, 6.07) is 0. The van der Waals surface area contributed by atoms with Gasteiger partial charge in [-0.15, -0.1) is 4.47 Å². The molecule has 1 unspecified atom stereocenters. The summed E-state index contributed by atoms with van der Waals surface area (Å²) in [6.45, 7) is 0. The van der Waals surface area contributed by atoms with Crippen LogP contribution in [0.3, 0.4) is 0 Å². The first-order chi connectivity index (χ1) is 3.25. The Morgan fingerprint density at radius 2 is 1.50 bits per heavy atom. The molecule has 7 heteroatoms. The summed E-state index contributed by atoms with van der Waals surface area (Å²) < 4.78 is -0.951. The molecule has 50 valence electrons. The second-order valence-corrected chi connectivity index (χ2v) is 2.47. The van der Waals surface area contributed by atoms with Gasteiger partial charge >= 0.3 is 5.97 Å². The number of rotatable bonds is 1. The molecular weight excluding hydrogens is 129 g/mol. The molecule has 0 saturated heterocycles. The van der Waals surface area contributed by atoms with E-state index in [0.29, 0.717) is 0 Å². The van der Waals surface area contributed by atoms with Crippen molar-refractivity contribution in [2.24, 2.45) is 23.2 Å². The molecule has 0 saturated carbocycles. The summed E-state index contributed by atoms with van der Waals surface area (Å²) in [7, 11) is 1.85. The molecule has 1 atom stereocenters. The largest absolute Gasteiger partial charge is 0.357 e. The molecule has 8 heavy (non-hydrogen) atoms. The zero-order valence-corrected chi connectivity index (χ0v) is 5.44.